The molecule has 0 nitrogen and oxygen atoms in total. The molecule has 0 aliphatic heterocycles. The first-order chi connectivity index (χ1) is 43.5. The quantitative estimate of drug-likeness (QED) is 0.0845. The summed E-state index contributed by atoms with van der Waals surface area (Å²) in [5.41, 5.74) is 21.4. The Morgan fingerprint density at radius 2 is 0.367 bits per heavy atom. The zero-order valence-electron chi connectivity index (χ0n) is 53.4. The van der Waals surface area contributed by atoms with Crippen molar-refractivity contribution in [3.8, 4) is 35.5 Å². The molecule has 0 N–H and O–H groups in total. The van der Waals surface area contributed by atoms with Crippen LogP contribution in [0.5, 0.6) is 0 Å². The van der Waals surface area contributed by atoms with Crippen molar-refractivity contribution in [2.24, 2.45) is 0 Å². The Hall–Kier alpha value is -10.7. The van der Waals surface area contributed by atoms with Gasteiger partial charge in [0.05, 0.1) is 0 Å². The van der Waals surface area contributed by atoms with E-state index >= 15 is 0 Å². The Morgan fingerprint density at radius 3 is 0.522 bits per heavy atom. The van der Waals surface area contributed by atoms with E-state index in [1.807, 2.05) is 0 Å². The van der Waals surface area contributed by atoms with E-state index in [2.05, 4.69) is 407 Å². The summed E-state index contributed by atoms with van der Waals surface area (Å²) in [6, 6.07) is 83.0. The molecular weight excluding hydrogens is 1080 g/mol. The molecule has 0 heteroatoms. The SMILES string of the molecule is CC(C)(C)c1cc(/C=C/c2ccccc2)c(C#Cc2cc(C#Cc3c(/C=C/c4ccccc4)cc(C(C)(C)C)cc3/C=C/c3ccccc3)cc(C#Cc3c(/C=C/c4ccccc4)cc(C(C)(C)C)cc3/C=C/c3ccccc3)c2)c(/C=C/c2ccccc2)c1. The van der Waals surface area contributed by atoms with E-state index < -0.39 is 0 Å². The zero-order valence-corrected chi connectivity index (χ0v) is 53.4. The lowest BCUT2D eigenvalue weighted by molar-refractivity contribution is 0.589. The molecule has 0 saturated heterocycles. The van der Waals surface area contributed by atoms with E-state index in [1.165, 1.54) is 16.7 Å². The summed E-state index contributed by atoms with van der Waals surface area (Å²) in [6.07, 6.45) is 26.4. The van der Waals surface area contributed by atoms with Gasteiger partial charge in [-0.05, 0) is 154 Å². The van der Waals surface area contributed by atoms with Crippen LogP contribution in [0.4, 0.5) is 0 Å². The summed E-state index contributed by atoms with van der Waals surface area (Å²) in [7, 11) is 0. The minimum Gasteiger partial charge on any atom is -0.0622 e. The van der Waals surface area contributed by atoms with Gasteiger partial charge in [0.15, 0.2) is 0 Å². The number of rotatable bonds is 12. The van der Waals surface area contributed by atoms with Crippen LogP contribution in [0.1, 0.15) is 179 Å². The summed E-state index contributed by atoms with van der Waals surface area (Å²) in [4.78, 5) is 0. The van der Waals surface area contributed by atoms with E-state index in [0.29, 0.717) is 0 Å². The van der Waals surface area contributed by atoms with Crippen molar-refractivity contribution in [2.75, 3.05) is 0 Å². The average molecular weight is 1160 g/mol. The molecule has 0 radical (unpaired) electrons. The highest BCUT2D eigenvalue weighted by Gasteiger charge is 2.20. The van der Waals surface area contributed by atoms with Gasteiger partial charge in [-0.25, -0.2) is 0 Å². The highest BCUT2D eigenvalue weighted by atomic mass is 14.2. The van der Waals surface area contributed by atoms with Crippen molar-refractivity contribution in [2.45, 2.75) is 78.6 Å². The highest BCUT2D eigenvalue weighted by molar-refractivity contribution is 5.84. The third-order valence-corrected chi connectivity index (χ3v) is 15.7. The first kappa shape index (κ1) is 62.4. The van der Waals surface area contributed by atoms with Crippen molar-refractivity contribution in [3.05, 3.63) is 353 Å². The molecule has 90 heavy (non-hydrogen) atoms. The fourth-order valence-corrected chi connectivity index (χ4v) is 10.3. The van der Waals surface area contributed by atoms with Crippen molar-refractivity contribution in [1.29, 1.82) is 0 Å². The molecule has 0 unspecified atom stereocenters. The van der Waals surface area contributed by atoms with Gasteiger partial charge >= 0.3 is 0 Å². The van der Waals surface area contributed by atoms with Crippen LogP contribution < -0.4 is 0 Å². The summed E-state index contributed by atoms with van der Waals surface area (Å²) < 4.78 is 0. The lowest BCUT2D eigenvalue weighted by Crippen LogP contribution is -2.12. The smallest absolute Gasteiger partial charge is 0.0394 e. The van der Waals surface area contributed by atoms with Gasteiger partial charge in [-0.3, -0.25) is 0 Å². The Kier molecular flexibility index (Phi) is 20.0. The molecular formula is C90H78. The van der Waals surface area contributed by atoms with Gasteiger partial charge in [-0.1, -0.05) is 353 Å². The lowest BCUT2D eigenvalue weighted by atomic mass is 9.83. The molecule has 0 aromatic heterocycles. The molecule has 0 amide bonds. The third kappa shape index (κ3) is 17.5. The van der Waals surface area contributed by atoms with Gasteiger partial charge in [0.2, 0.25) is 0 Å². The van der Waals surface area contributed by atoms with E-state index in [1.54, 1.807) is 0 Å². The first-order valence-electron chi connectivity index (χ1n) is 31.1. The Labute approximate surface area is 537 Å². The van der Waals surface area contributed by atoms with Crippen molar-refractivity contribution >= 4 is 72.9 Å². The fraction of sp³-hybridized carbons (Fsp3) is 0.133. The average Bonchev–Trinajstić information content (AvgIpc) is 2.16. The Bertz CT molecular complexity index is 3810. The standard InChI is InChI=1S/C90H78/c1-88(2,3)82-61-76(49-40-67-28-16-10-17-29-67)85(77(62-82)50-41-68-30-18-11-19-31-68)55-46-73-58-74(47-56-86-78(51-42-69-32-20-12-21-33-69)63-83(89(4,5)6)64-79(86)52-43-70-34-22-13-23-35-70)60-75(59-73)48-57-87-80(53-44-71-36-24-14-25-37-71)65-84(90(7,8)9)66-81(87)54-45-72-38-26-15-27-39-72/h10-45,49-54,58-66H,1-9H3/b49-40+,50-41+,51-42+,52-43+,53-44+,54-45+. The van der Waals surface area contributed by atoms with E-state index in [-0.39, 0.29) is 16.2 Å². The van der Waals surface area contributed by atoms with Gasteiger partial charge in [-0.2, -0.15) is 0 Å². The number of hydrogen-bond acceptors (Lipinski definition) is 0. The Morgan fingerprint density at radius 1 is 0.200 bits per heavy atom. The predicted octanol–water partition coefficient (Wildman–Crippen LogP) is 22.8. The van der Waals surface area contributed by atoms with Gasteiger partial charge in [0.1, 0.15) is 0 Å². The lowest BCUT2D eigenvalue weighted by Gasteiger charge is -2.21. The van der Waals surface area contributed by atoms with E-state index in [4.69, 9.17) is 0 Å². The van der Waals surface area contributed by atoms with Crippen LogP contribution >= 0.6 is 0 Å². The van der Waals surface area contributed by atoms with Crippen molar-refractivity contribution in [3.63, 3.8) is 0 Å². The summed E-state index contributed by atoms with van der Waals surface area (Å²) in [6.45, 7) is 20.4. The van der Waals surface area contributed by atoms with Gasteiger partial charge in [0, 0.05) is 33.4 Å². The molecule has 438 valence electrons. The van der Waals surface area contributed by atoms with Gasteiger partial charge in [-0.15, -0.1) is 0 Å². The summed E-state index contributed by atoms with van der Waals surface area (Å²) >= 11 is 0. The maximum absolute atomic E-state index is 3.77. The molecule has 10 aromatic rings. The summed E-state index contributed by atoms with van der Waals surface area (Å²) in [5, 5.41) is 0. The topological polar surface area (TPSA) is 0 Å². The molecule has 0 heterocycles. The van der Waals surface area contributed by atoms with Crippen LogP contribution in [-0.2, 0) is 16.2 Å². The summed E-state index contributed by atoms with van der Waals surface area (Å²) in [5.74, 6) is 22.5. The molecule has 0 atom stereocenters. The predicted molar refractivity (Wildman–Crippen MR) is 392 cm³/mol. The molecule has 0 aliphatic rings. The molecule has 0 spiro atoms. The zero-order chi connectivity index (χ0) is 62.9. The molecule has 0 saturated carbocycles. The van der Waals surface area contributed by atoms with Crippen LogP contribution in [-0.4, -0.2) is 0 Å². The molecule has 10 rings (SSSR count). The maximum atomic E-state index is 3.77. The Balaban J connectivity index is 1.22. The van der Waals surface area contributed by atoms with Crippen LogP contribution in [0.25, 0.3) is 72.9 Å². The maximum Gasteiger partial charge on any atom is 0.0394 e. The van der Waals surface area contributed by atoms with Crippen LogP contribution in [0.15, 0.2) is 237 Å². The highest BCUT2D eigenvalue weighted by Crippen LogP contribution is 2.34. The molecule has 0 fully saturated rings. The monoisotopic (exact) mass is 1160 g/mol. The van der Waals surface area contributed by atoms with Crippen molar-refractivity contribution in [1.82, 2.24) is 0 Å². The first-order valence-corrected chi connectivity index (χ1v) is 31.1. The normalized spacial score (nSPS) is 12.0. The number of hydrogen-bond donors (Lipinski definition) is 0. The number of benzene rings is 10. The van der Waals surface area contributed by atoms with Crippen LogP contribution in [0.3, 0.4) is 0 Å². The van der Waals surface area contributed by atoms with Gasteiger partial charge in [0.25, 0.3) is 0 Å². The van der Waals surface area contributed by atoms with E-state index in [9.17, 15) is 0 Å². The molecule has 10 aromatic carbocycles. The molecule has 0 aliphatic carbocycles. The van der Waals surface area contributed by atoms with E-state index in [0.717, 1.165) is 100 Å². The van der Waals surface area contributed by atoms with Crippen LogP contribution in [0, 0.1) is 35.5 Å². The largest absolute Gasteiger partial charge is 0.0622 e. The third-order valence-electron chi connectivity index (χ3n) is 15.7. The minimum absolute atomic E-state index is 0.125. The van der Waals surface area contributed by atoms with Crippen LogP contribution in [0.2, 0.25) is 0 Å². The second-order valence-electron chi connectivity index (χ2n) is 25.9. The fourth-order valence-electron chi connectivity index (χ4n) is 10.3. The second-order valence-corrected chi connectivity index (χ2v) is 25.9. The van der Waals surface area contributed by atoms with Crippen molar-refractivity contribution < 1.29 is 0 Å². The second kappa shape index (κ2) is 28.9. The minimum atomic E-state index is -0.125. The van der Waals surface area contributed by atoms with Gasteiger partial charge < -0.3 is 0 Å². The molecule has 0 bridgehead atoms.